The SMILES string of the molecule is CCCc1nsc(NCc2nccs2)n1. The third-order valence-corrected chi connectivity index (χ3v) is 3.31. The molecule has 80 valence electrons. The monoisotopic (exact) mass is 240 g/mol. The lowest BCUT2D eigenvalue weighted by atomic mass is 10.3. The van der Waals surface area contributed by atoms with Gasteiger partial charge in [-0.2, -0.15) is 4.37 Å². The smallest absolute Gasteiger partial charge is 0.202 e. The number of aromatic nitrogens is 3. The molecule has 0 spiro atoms. The average Bonchev–Trinajstić information content (AvgIpc) is 2.85. The lowest BCUT2D eigenvalue weighted by Crippen LogP contribution is -1.98. The zero-order chi connectivity index (χ0) is 10.5. The van der Waals surface area contributed by atoms with Crippen LogP contribution in [0.1, 0.15) is 24.2 Å². The summed E-state index contributed by atoms with van der Waals surface area (Å²) in [6.45, 7) is 2.86. The van der Waals surface area contributed by atoms with Crippen LogP contribution in [0, 0.1) is 0 Å². The van der Waals surface area contributed by atoms with Gasteiger partial charge in [0.1, 0.15) is 10.8 Å². The third kappa shape index (κ3) is 2.97. The van der Waals surface area contributed by atoms with Gasteiger partial charge < -0.3 is 5.32 Å². The second-order valence-corrected chi connectivity index (χ2v) is 4.78. The van der Waals surface area contributed by atoms with Crippen molar-refractivity contribution in [3.05, 3.63) is 22.4 Å². The zero-order valence-electron chi connectivity index (χ0n) is 8.43. The minimum atomic E-state index is 0.735. The van der Waals surface area contributed by atoms with Crippen LogP contribution in [0.15, 0.2) is 11.6 Å². The van der Waals surface area contributed by atoms with E-state index >= 15 is 0 Å². The molecule has 0 aliphatic carbocycles. The number of nitrogens with one attached hydrogen (secondary N) is 1. The summed E-state index contributed by atoms with van der Waals surface area (Å²) in [5.74, 6) is 0.934. The van der Waals surface area contributed by atoms with E-state index in [1.807, 2.05) is 11.6 Å². The predicted octanol–water partition coefficient (Wildman–Crippen LogP) is 2.56. The molecule has 2 heterocycles. The van der Waals surface area contributed by atoms with E-state index in [0.29, 0.717) is 0 Å². The Balaban J connectivity index is 1.88. The van der Waals surface area contributed by atoms with Crippen molar-refractivity contribution >= 4 is 28.0 Å². The van der Waals surface area contributed by atoms with Gasteiger partial charge in [-0.25, -0.2) is 9.97 Å². The van der Waals surface area contributed by atoms with Crippen molar-refractivity contribution in [2.24, 2.45) is 0 Å². The summed E-state index contributed by atoms with van der Waals surface area (Å²) in [7, 11) is 0. The maximum atomic E-state index is 4.37. The maximum Gasteiger partial charge on any atom is 0.202 e. The molecule has 0 aliphatic rings. The molecule has 0 atom stereocenters. The molecule has 0 aromatic carbocycles. The topological polar surface area (TPSA) is 50.7 Å². The van der Waals surface area contributed by atoms with Crippen LogP contribution in [0.4, 0.5) is 5.13 Å². The second kappa shape index (κ2) is 5.18. The van der Waals surface area contributed by atoms with Crippen molar-refractivity contribution in [1.29, 1.82) is 0 Å². The second-order valence-electron chi connectivity index (χ2n) is 3.05. The molecular formula is C9H12N4S2. The van der Waals surface area contributed by atoms with Gasteiger partial charge in [0.15, 0.2) is 0 Å². The fourth-order valence-electron chi connectivity index (χ4n) is 1.14. The van der Waals surface area contributed by atoms with Gasteiger partial charge in [0.05, 0.1) is 6.54 Å². The number of nitrogens with zero attached hydrogens (tertiary/aromatic N) is 3. The zero-order valence-corrected chi connectivity index (χ0v) is 10.1. The number of thiazole rings is 1. The van der Waals surface area contributed by atoms with Gasteiger partial charge >= 0.3 is 0 Å². The van der Waals surface area contributed by atoms with Crippen LogP contribution < -0.4 is 5.32 Å². The van der Waals surface area contributed by atoms with Crippen LogP contribution in [0.2, 0.25) is 0 Å². The Morgan fingerprint density at radius 1 is 1.47 bits per heavy atom. The van der Waals surface area contributed by atoms with Crippen LogP contribution in [0.25, 0.3) is 0 Å². The average molecular weight is 240 g/mol. The first-order valence-electron chi connectivity index (χ1n) is 4.83. The quantitative estimate of drug-likeness (QED) is 0.872. The highest BCUT2D eigenvalue weighted by Crippen LogP contribution is 2.14. The highest BCUT2D eigenvalue weighted by atomic mass is 32.1. The first kappa shape index (κ1) is 10.5. The third-order valence-electron chi connectivity index (χ3n) is 1.82. The van der Waals surface area contributed by atoms with E-state index < -0.39 is 0 Å². The summed E-state index contributed by atoms with van der Waals surface area (Å²) in [6.07, 6.45) is 3.85. The molecule has 2 rings (SSSR count). The van der Waals surface area contributed by atoms with Crippen LogP contribution in [-0.2, 0) is 13.0 Å². The molecule has 2 aromatic heterocycles. The molecule has 1 N–H and O–H groups in total. The van der Waals surface area contributed by atoms with E-state index in [9.17, 15) is 0 Å². The van der Waals surface area contributed by atoms with Gasteiger partial charge in [0, 0.05) is 29.5 Å². The Morgan fingerprint density at radius 2 is 2.40 bits per heavy atom. The molecule has 0 unspecified atom stereocenters. The highest BCUT2D eigenvalue weighted by molar-refractivity contribution is 7.10. The van der Waals surface area contributed by atoms with Gasteiger partial charge in [-0.15, -0.1) is 11.3 Å². The Bertz CT molecular complexity index is 396. The molecule has 2 aromatic rings. The molecule has 15 heavy (non-hydrogen) atoms. The number of anilines is 1. The number of hydrogen-bond acceptors (Lipinski definition) is 6. The van der Waals surface area contributed by atoms with E-state index in [0.717, 1.165) is 35.3 Å². The number of rotatable bonds is 5. The predicted molar refractivity (Wildman–Crippen MR) is 63.3 cm³/mol. The largest absolute Gasteiger partial charge is 0.354 e. The van der Waals surface area contributed by atoms with Crippen LogP contribution >= 0.6 is 22.9 Å². The Hall–Kier alpha value is -1.01. The van der Waals surface area contributed by atoms with E-state index in [1.165, 1.54) is 11.5 Å². The highest BCUT2D eigenvalue weighted by Gasteiger charge is 2.03. The molecule has 0 fully saturated rings. The standard InChI is InChI=1S/C9H12N4S2/c1-2-3-7-12-9(15-13-7)11-6-8-10-4-5-14-8/h4-5H,2-3,6H2,1H3,(H,11,12,13). The van der Waals surface area contributed by atoms with Gasteiger partial charge in [0.2, 0.25) is 5.13 Å². The first-order valence-corrected chi connectivity index (χ1v) is 6.48. The van der Waals surface area contributed by atoms with Crippen molar-refractivity contribution in [3.63, 3.8) is 0 Å². The van der Waals surface area contributed by atoms with Gasteiger partial charge in [-0.1, -0.05) is 6.92 Å². The maximum absolute atomic E-state index is 4.37. The fourth-order valence-corrected chi connectivity index (χ4v) is 2.31. The van der Waals surface area contributed by atoms with E-state index in [4.69, 9.17) is 0 Å². The van der Waals surface area contributed by atoms with Crippen LogP contribution in [0.5, 0.6) is 0 Å². The van der Waals surface area contributed by atoms with Crippen molar-refractivity contribution in [3.8, 4) is 0 Å². The Kier molecular flexibility index (Phi) is 3.63. The van der Waals surface area contributed by atoms with Crippen molar-refractivity contribution < 1.29 is 0 Å². The Morgan fingerprint density at radius 3 is 3.13 bits per heavy atom. The summed E-state index contributed by atoms with van der Waals surface area (Å²) in [6, 6.07) is 0. The summed E-state index contributed by atoms with van der Waals surface area (Å²) in [5, 5.41) is 7.15. The summed E-state index contributed by atoms with van der Waals surface area (Å²) in [4.78, 5) is 8.56. The van der Waals surface area contributed by atoms with E-state index in [1.54, 1.807) is 11.3 Å². The summed E-state index contributed by atoms with van der Waals surface area (Å²) >= 11 is 3.06. The van der Waals surface area contributed by atoms with E-state index in [-0.39, 0.29) is 0 Å². The normalized spacial score (nSPS) is 10.5. The van der Waals surface area contributed by atoms with Gasteiger partial charge in [0.25, 0.3) is 0 Å². The van der Waals surface area contributed by atoms with Gasteiger partial charge in [-0.05, 0) is 6.42 Å². The molecule has 0 saturated heterocycles. The molecule has 6 heteroatoms. The van der Waals surface area contributed by atoms with Gasteiger partial charge in [-0.3, -0.25) is 0 Å². The molecule has 0 bridgehead atoms. The molecule has 0 saturated carbocycles. The minimum Gasteiger partial charge on any atom is -0.354 e. The van der Waals surface area contributed by atoms with Crippen molar-refractivity contribution in [2.45, 2.75) is 26.3 Å². The van der Waals surface area contributed by atoms with Crippen molar-refractivity contribution in [2.75, 3.05) is 5.32 Å². The summed E-state index contributed by atoms with van der Waals surface area (Å²) < 4.78 is 4.26. The van der Waals surface area contributed by atoms with E-state index in [2.05, 4.69) is 26.6 Å². The number of aryl methyl sites for hydroxylation is 1. The summed E-state index contributed by atoms with van der Waals surface area (Å²) in [5.41, 5.74) is 0. The fraction of sp³-hybridized carbons (Fsp3) is 0.444. The number of hydrogen-bond donors (Lipinski definition) is 1. The van der Waals surface area contributed by atoms with Crippen molar-refractivity contribution in [1.82, 2.24) is 14.3 Å². The van der Waals surface area contributed by atoms with Crippen LogP contribution in [-0.4, -0.2) is 14.3 Å². The minimum absolute atomic E-state index is 0.735. The first-order chi connectivity index (χ1) is 7.38. The molecule has 0 radical (unpaired) electrons. The van der Waals surface area contributed by atoms with Crippen LogP contribution in [0.3, 0.4) is 0 Å². The molecule has 0 aliphatic heterocycles. The lowest BCUT2D eigenvalue weighted by Gasteiger charge is -1.96. The lowest BCUT2D eigenvalue weighted by molar-refractivity contribution is 0.861. The molecular weight excluding hydrogens is 228 g/mol. The molecule has 4 nitrogen and oxygen atoms in total. The Labute approximate surface area is 96.6 Å². The molecule has 0 amide bonds.